The number of carbonyl (C=O) groups excluding carboxylic acids is 2. The molecule has 0 N–H and O–H groups in total. The fraction of sp³-hybridized carbons (Fsp3) is 0.433. The molecule has 13 heteroatoms. The lowest BCUT2D eigenvalue weighted by molar-refractivity contribution is 0.0320. The van der Waals surface area contributed by atoms with Gasteiger partial charge in [0.15, 0.2) is 33.4 Å². The number of methoxy groups -OCH3 is 1. The normalized spacial score (nSPS) is 12.3. The highest BCUT2D eigenvalue weighted by molar-refractivity contribution is 7.16. The van der Waals surface area contributed by atoms with Crippen LogP contribution in [0.5, 0.6) is 5.75 Å². The van der Waals surface area contributed by atoms with E-state index in [9.17, 15) is 14.0 Å². The molecule has 0 saturated carbocycles. The van der Waals surface area contributed by atoms with Crippen molar-refractivity contribution in [2.75, 3.05) is 38.8 Å². The van der Waals surface area contributed by atoms with E-state index in [-0.39, 0.29) is 24.6 Å². The van der Waals surface area contributed by atoms with Crippen LogP contribution in [-0.4, -0.2) is 71.6 Å². The van der Waals surface area contributed by atoms with Crippen molar-refractivity contribution in [3.63, 3.8) is 0 Å². The van der Waals surface area contributed by atoms with Gasteiger partial charge in [-0.15, -0.1) is 21.5 Å². The summed E-state index contributed by atoms with van der Waals surface area (Å²) in [5, 5.41) is 9.28. The lowest BCUT2D eigenvalue weighted by atomic mass is 10.1. The molecule has 0 unspecified atom stereocenters. The number of hydrogen-bond donors (Lipinski definition) is 0. The topological polar surface area (TPSA) is 107 Å². The Morgan fingerprint density at radius 1 is 1.26 bits per heavy atom. The van der Waals surface area contributed by atoms with Crippen molar-refractivity contribution in [2.24, 2.45) is 0 Å². The molecule has 43 heavy (non-hydrogen) atoms. The molecular formula is C30H33ClFN5O5S. The first-order chi connectivity index (χ1) is 20.4. The number of halogens is 2. The molecule has 0 saturated heterocycles. The number of benzene rings is 1. The van der Waals surface area contributed by atoms with Gasteiger partial charge in [0.2, 0.25) is 0 Å². The predicted molar refractivity (Wildman–Crippen MR) is 162 cm³/mol. The van der Waals surface area contributed by atoms with Gasteiger partial charge in [0, 0.05) is 29.6 Å². The van der Waals surface area contributed by atoms with Crippen LogP contribution in [-0.2, 0) is 22.3 Å². The van der Waals surface area contributed by atoms with Crippen molar-refractivity contribution in [3.05, 3.63) is 56.4 Å². The van der Waals surface area contributed by atoms with Gasteiger partial charge in [0.25, 0.3) is 0 Å². The maximum Gasteiger partial charge on any atom is 0.410 e. The molecule has 10 nitrogen and oxygen atoms in total. The molecule has 2 aromatic heterocycles. The van der Waals surface area contributed by atoms with E-state index in [1.807, 2.05) is 11.8 Å². The molecule has 0 spiro atoms. The Bertz CT molecular complexity index is 1580. The van der Waals surface area contributed by atoms with Gasteiger partial charge in [0.1, 0.15) is 5.60 Å². The smallest absolute Gasteiger partial charge is 0.410 e. The largest absolute Gasteiger partial charge is 0.491 e. The Balaban J connectivity index is 1.35. The number of nitrogens with zero attached hydrogens (tertiary/aromatic N) is 5. The molecule has 1 aliphatic rings. The quantitative estimate of drug-likeness (QED) is 0.175. The van der Waals surface area contributed by atoms with E-state index >= 15 is 0 Å². The molecule has 3 heterocycles. The summed E-state index contributed by atoms with van der Waals surface area (Å²) in [6.45, 7) is 8.25. The van der Waals surface area contributed by atoms with Crippen LogP contribution < -0.4 is 9.64 Å². The number of aryl methyl sites for hydroxylation is 1. The highest BCUT2D eigenvalue weighted by Gasteiger charge is 2.30. The molecule has 1 amide bonds. The summed E-state index contributed by atoms with van der Waals surface area (Å²) in [4.78, 5) is 33.1. The van der Waals surface area contributed by atoms with Crippen molar-refractivity contribution in [1.82, 2.24) is 20.1 Å². The van der Waals surface area contributed by atoms with E-state index in [1.54, 1.807) is 33.9 Å². The molecule has 0 aliphatic carbocycles. The molecular weight excluding hydrogens is 597 g/mol. The molecule has 0 atom stereocenters. The fourth-order valence-corrected chi connectivity index (χ4v) is 5.48. The van der Waals surface area contributed by atoms with Gasteiger partial charge < -0.3 is 24.0 Å². The maximum absolute atomic E-state index is 14.7. The standard InChI is InChI=1S/C30H33ClFN5O5S/c1-18-20-13-15-37(26(20)35-34-25(18)31)28-33-24(27(38)40-6)23(43-28)10-8-16-41-22-12-11-19(17-21(22)32)9-7-14-36(5)29(39)42-30(2,3)4/h11-12,17H,8,10,13-16H2,1-6H3. The van der Waals surface area contributed by atoms with Crippen molar-refractivity contribution >= 4 is 45.9 Å². The first-order valence-corrected chi connectivity index (χ1v) is 14.8. The minimum atomic E-state index is -0.601. The van der Waals surface area contributed by atoms with E-state index in [1.165, 1.54) is 35.5 Å². The van der Waals surface area contributed by atoms with Crippen LogP contribution in [0.15, 0.2) is 18.2 Å². The van der Waals surface area contributed by atoms with E-state index < -0.39 is 23.5 Å². The number of amides is 1. The van der Waals surface area contributed by atoms with E-state index in [4.69, 9.17) is 25.8 Å². The third-order valence-electron chi connectivity index (χ3n) is 6.39. The number of fused-ring (bicyclic) bond motifs is 1. The second-order valence-electron chi connectivity index (χ2n) is 10.8. The van der Waals surface area contributed by atoms with E-state index in [0.29, 0.717) is 41.1 Å². The molecule has 0 bridgehead atoms. The summed E-state index contributed by atoms with van der Waals surface area (Å²) < 4.78 is 30.6. The minimum absolute atomic E-state index is 0.0934. The summed E-state index contributed by atoms with van der Waals surface area (Å²) in [5.41, 5.74) is 1.98. The Morgan fingerprint density at radius 3 is 2.72 bits per heavy atom. The first-order valence-electron chi connectivity index (χ1n) is 13.6. The minimum Gasteiger partial charge on any atom is -0.491 e. The van der Waals surface area contributed by atoms with Gasteiger partial charge in [-0.05, 0) is 70.7 Å². The zero-order valence-electron chi connectivity index (χ0n) is 24.9. The molecule has 0 fully saturated rings. The molecule has 1 aliphatic heterocycles. The van der Waals surface area contributed by atoms with Gasteiger partial charge >= 0.3 is 12.1 Å². The molecule has 3 aromatic rings. The summed E-state index contributed by atoms with van der Waals surface area (Å²) in [7, 11) is 2.89. The number of esters is 1. The summed E-state index contributed by atoms with van der Waals surface area (Å²) in [6, 6.07) is 4.45. The Kier molecular flexibility index (Phi) is 10.1. The van der Waals surface area contributed by atoms with E-state index in [0.717, 1.165) is 22.4 Å². The number of carbonyl (C=O) groups is 2. The van der Waals surface area contributed by atoms with Gasteiger partial charge in [-0.1, -0.05) is 23.4 Å². The summed E-state index contributed by atoms with van der Waals surface area (Å²) in [5.74, 6) is 5.39. The van der Waals surface area contributed by atoms with Gasteiger partial charge in [-0.2, -0.15) is 0 Å². The zero-order valence-corrected chi connectivity index (χ0v) is 26.5. The summed E-state index contributed by atoms with van der Waals surface area (Å²) >= 11 is 7.52. The number of rotatable bonds is 8. The Labute approximate surface area is 259 Å². The fourth-order valence-electron chi connectivity index (χ4n) is 4.21. The number of thiazole rings is 1. The third-order valence-corrected chi connectivity index (χ3v) is 7.89. The van der Waals surface area contributed by atoms with Crippen LogP contribution in [0.1, 0.15) is 59.2 Å². The zero-order chi connectivity index (χ0) is 31.3. The average molecular weight is 630 g/mol. The SMILES string of the molecule is COC(=O)c1nc(N2CCc3c2nnc(Cl)c3C)sc1CCCOc1ccc(C#CCN(C)C(=O)OC(C)(C)C)cc1F. The molecule has 4 rings (SSSR count). The summed E-state index contributed by atoms with van der Waals surface area (Å²) in [6.07, 6.45) is 1.24. The molecule has 228 valence electrons. The average Bonchev–Trinajstić information content (AvgIpc) is 3.57. The number of anilines is 2. The van der Waals surface area contributed by atoms with Crippen molar-refractivity contribution in [2.45, 2.75) is 52.6 Å². The molecule has 1 aromatic carbocycles. The highest BCUT2D eigenvalue weighted by atomic mass is 35.5. The van der Waals surface area contributed by atoms with Crippen LogP contribution in [0.25, 0.3) is 0 Å². The number of hydrogen-bond acceptors (Lipinski definition) is 10. The van der Waals surface area contributed by atoms with Gasteiger partial charge in [0.05, 0.1) is 20.3 Å². The maximum atomic E-state index is 14.7. The van der Waals surface area contributed by atoms with Crippen molar-refractivity contribution in [3.8, 4) is 17.6 Å². The Hall–Kier alpha value is -3.95. The lowest BCUT2D eigenvalue weighted by Gasteiger charge is -2.23. The van der Waals surface area contributed by atoms with Crippen molar-refractivity contribution in [1.29, 1.82) is 0 Å². The van der Waals surface area contributed by atoms with Crippen molar-refractivity contribution < 1.29 is 28.2 Å². The van der Waals surface area contributed by atoms with Crippen LogP contribution in [0.4, 0.5) is 20.1 Å². The third kappa shape index (κ3) is 7.91. The van der Waals surface area contributed by atoms with Crippen LogP contribution in [0.3, 0.4) is 0 Å². The monoisotopic (exact) mass is 629 g/mol. The second kappa shape index (κ2) is 13.6. The van der Waals surface area contributed by atoms with E-state index in [2.05, 4.69) is 27.0 Å². The van der Waals surface area contributed by atoms with Crippen LogP contribution in [0.2, 0.25) is 5.15 Å². The molecule has 0 radical (unpaired) electrons. The highest BCUT2D eigenvalue weighted by Crippen LogP contribution is 2.39. The second-order valence-corrected chi connectivity index (χ2v) is 12.2. The Morgan fingerprint density at radius 2 is 2.02 bits per heavy atom. The lowest BCUT2D eigenvalue weighted by Crippen LogP contribution is -2.34. The number of ether oxygens (including phenoxy) is 3. The van der Waals surface area contributed by atoms with Crippen LogP contribution >= 0.6 is 22.9 Å². The number of aromatic nitrogens is 3. The first kappa shape index (κ1) is 32.0. The predicted octanol–water partition coefficient (Wildman–Crippen LogP) is 5.74. The van der Waals surface area contributed by atoms with Gasteiger partial charge in [-0.25, -0.2) is 19.0 Å². The van der Waals surface area contributed by atoms with Gasteiger partial charge in [-0.3, -0.25) is 0 Å². The van der Waals surface area contributed by atoms with Crippen LogP contribution in [0, 0.1) is 24.6 Å².